The SMILES string of the molecule is CCOC(=O)C1NC(=O)CC1(C)c1ccc(OCC)cc1. The molecule has 0 spiro atoms. The number of nitrogens with one attached hydrogen (secondary N) is 1. The Morgan fingerprint density at radius 1 is 1.29 bits per heavy atom. The smallest absolute Gasteiger partial charge is 0.329 e. The molecule has 1 aromatic carbocycles. The van der Waals surface area contributed by atoms with Gasteiger partial charge in [0.2, 0.25) is 5.91 Å². The lowest BCUT2D eigenvalue weighted by Gasteiger charge is -2.29. The molecule has 2 unspecified atom stereocenters. The van der Waals surface area contributed by atoms with Crippen molar-refractivity contribution < 1.29 is 19.1 Å². The van der Waals surface area contributed by atoms with Gasteiger partial charge < -0.3 is 14.8 Å². The van der Waals surface area contributed by atoms with Gasteiger partial charge in [-0.15, -0.1) is 0 Å². The molecule has 1 aliphatic heterocycles. The fourth-order valence-corrected chi connectivity index (χ4v) is 2.72. The normalized spacial score (nSPS) is 24.5. The van der Waals surface area contributed by atoms with E-state index in [1.54, 1.807) is 6.92 Å². The zero-order valence-electron chi connectivity index (χ0n) is 12.6. The van der Waals surface area contributed by atoms with Crippen molar-refractivity contribution in [2.45, 2.75) is 38.6 Å². The summed E-state index contributed by atoms with van der Waals surface area (Å²) >= 11 is 0. The first-order valence-electron chi connectivity index (χ1n) is 7.20. The molecule has 0 bridgehead atoms. The second-order valence-corrected chi connectivity index (χ2v) is 5.30. The number of carbonyl (C=O) groups excluding carboxylic acids is 2. The van der Waals surface area contributed by atoms with Gasteiger partial charge in [-0.2, -0.15) is 0 Å². The van der Waals surface area contributed by atoms with Gasteiger partial charge in [-0.05, 0) is 31.5 Å². The molecule has 1 saturated heterocycles. The zero-order chi connectivity index (χ0) is 15.5. The summed E-state index contributed by atoms with van der Waals surface area (Å²) in [6.07, 6.45) is 0.268. The third kappa shape index (κ3) is 3.01. The van der Waals surface area contributed by atoms with Crippen molar-refractivity contribution in [3.8, 4) is 5.75 Å². The van der Waals surface area contributed by atoms with E-state index in [2.05, 4.69) is 5.32 Å². The second-order valence-electron chi connectivity index (χ2n) is 5.30. The van der Waals surface area contributed by atoms with Gasteiger partial charge >= 0.3 is 5.97 Å². The summed E-state index contributed by atoms with van der Waals surface area (Å²) in [5, 5.41) is 2.72. The molecule has 21 heavy (non-hydrogen) atoms. The maximum atomic E-state index is 12.1. The van der Waals surface area contributed by atoms with Crippen LogP contribution in [-0.2, 0) is 19.7 Å². The molecule has 5 nitrogen and oxygen atoms in total. The number of ether oxygens (including phenoxy) is 2. The van der Waals surface area contributed by atoms with Crippen molar-refractivity contribution in [1.29, 1.82) is 0 Å². The standard InChI is InChI=1S/C16H21NO4/c1-4-20-12-8-6-11(7-9-12)16(3)10-13(18)17-14(16)15(19)21-5-2/h6-9,14H,4-5,10H2,1-3H3,(H,17,18). The summed E-state index contributed by atoms with van der Waals surface area (Å²) in [6.45, 7) is 6.48. The molecule has 0 radical (unpaired) electrons. The molecule has 2 rings (SSSR count). The van der Waals surface area contributed by atoms with Gasteiger partial charge in [0.15, 0.2) is 0 Å². The van der Waals surface area contributed by atoms with E-state index in [0.717, 1.165) is 11.3 Å². The number of esters is 1. The number of rotatable bonds is 5. The summed E-state index contributed by atoms with van der Waals surface area (Å²) in [5.41, 5.74) is 0.316. The van der Waals surface area contributed by atoms with Crippen LogP contribution < -0.4 is 10.1 Å². The van der Waals surface area contributed by atoms with Gasteiger partial charge in [-0.3, -0.25) is 4.79 Å². The molecule has 1 amide bonds. The van der Waals surface area contributed by atoms with E-state index in [1.807, 2.05) is 38.1 Å². The van der Waals surface area contributed by atoms with Crippen LogP contribution in [0.25, 0.3) is 0 Å². The summed E-state index contributed by atoms with van der Waals surface area (Å²) < 4.78 is 10.5. The summed E-state index contributed by atoms with van der Waals surface area (Å²) in [4.78, 5) is 23.9. The van der Waals surface area contributed by atoms with Crippen LogP contribution in [-0.4, -0.2) is 31.1 Å². The first kappa shape index (κ1) is 15.4. The molecular formula is C16H21NO4. The van der Waals surface area contributed by atoms with Gasteiger partial charge in [-0.1, -0.05) is 19.1 Å². The summed E-state index contributed by atoms with van der Waals surface area (Å²) in [5.74, 6) is 0.249. The molecule has 5 heteroatoms. The van der Waals surface area contributed by atoms with Crippen molar-refractivity contribution in [2.24, 2.45) is 0 Å². The number of benzene rings is 1. The molecule has 114 valence electrons. The van der Waals surface area contributed by atoms with Crippen LogP contribution in [0.2, 0.25) is 0 Å². The molecule has 0 saturated carbocycles. The largest absolute Gasteiger partial charge is 0.494 e. The quantitative estimate of drug-likeness (QED) is 0.840. The van der Waals surface area contributed by atoms with E-state index in [-0.39, 0.29) is 18.3 Å². The van der Waals surface area contributed by atoms with Crippen molar-refractivity contribution in [2.75, 3.05) is 13.2 Å². The average molecular weight is 291 g/mol. The van der Waals surface area contributed by atoms with E-state index in [1.165, 1.54) is 0 Å². The predicted octanol–water partition coefficient (Wildman–Crippen LogP) is 1.79. The minimum atomic E-state index is -0.650. The van der Waals surface area contributed by atoms with Crippen molar-refractivity contribution in [3.05, 3.63) is 29.8 Å². The minimum Gasteiger partial charge on any atom is -0.494 e. The number of amides is 1. The third-order valence-corrected chi connectivity index (χ3v) is 3.82. The molecule has 0 aliphatic carbocycles. The highest BCUT2D eigenvalue weighted by Gasteiger charge is 2.49. The highest BCUT2D eigenvalue weighted by Crippen LogP contribution is 2.37. The molecule has 1 aromatic rings. The van der Waals surface area contributed by atoms with E-state index >= 15 is 0 Å². The summed E-state index contributed by atoms with van der Waals surface area (Å²) in [7, 11) is 0. The zero-order valence-corrected chi connectivity index (χ0v) is 12.6. The van der Waals surface area contributed by atoms with Crippen LogP contribution in [0.1, 0.15) is 32.8 Å². The Morgan fingerprint density at radius 3 is 2.52 bits per heavy atom. The molecule has 1 fully saturated rings. The fraction of sp³-hybridized carbons (Fsp3) is 0.500. The van der Waals surface area contributed by atoms with E-state index in [9.17, 15) is 9.59 Å². The minimum absolute atomic E-state index is 0.135. The first-order chi connectivity index (χ1) is 10.0. The van der Waals surface area contributed by atoms with Gasteiger partial charge in [0.1, 0.15) is 11.8 Å². The molecule has 1 N–H and O–H groups in total. The maximum Gasteiger partial charge on any atom is 0.329 e. The van der Waals surface area contributed by atoms with Crippen molar-refractivity contribution in [3.63, 3.8) is 0 Å². The molecule has 0 aromatic heterocycles. The Labute approximate surface area is 124 Å². The number of hydrogen-bond donors (Lipinski definition) is 1. The molecule has 2 atom stereocenters. The van der Waals surface area contributed by atoms with Crippen LogP contribution in [0, 0.1) is 0 Å². The lowest BCUT2D eigenvalue weighted by Crippen LogP contribution is -2.45. The monoisotopic (exact) mass is 291 g/mol. The van der Waals surface area contributed by atoms with Crippen LogP contribution in [0.4, 0.5) is 0 Å². The third-order valence-electron chi connectivity index (χ3n) is 3.82. The highest BCUT2D eigenvalue weighted by atomic mass is 16.5. The van der Waals surface area contributed by atoms with Crippen LogP contribution >= 0.6 is 0 Å². The Kier molecular flexibility index (Phi) is 4.50. The Balaban J connectivity index is 2.28. The van der Waals surface area contributed by atoms with Gasteiger partial charge in [0, 0.05) is 11.8 Å². The topological polar surface area (TPSA) is 64.6 Å². The average Bonchev–Trinajstić information content (AvgIpc) is 2.76. The van der Waals surface area contributed by atoms with Crippen LogP contribution in [0.5, 0.6) is 5.75 Å². The van der Waals surface area contributed by atoms with Crippen LogP contribution in [0.15, 0.2) is 24.3 Å². The Hall–Kier alpha value is -2.04. The first-order valence-corrected chi connectivity index (χ1v) is 7.20. The van der Waals surface area contributed by atoms with Crippen molar-refractivity contribution in [1.82, 2.24) is 5.32 Å². The van der Waals surface area contributed by atoms with E-state index < -0.39 is 11.5 Å². The summed E-state index contributed by atoms with van der Waals surface area (Å²) in [6, 6.07) is 6.86. The Morgan fingerprint density at radius 2 is 1.95 bits per heavy atom. The maximum absolute atomic E-state index is 12.1. The van der Waals surface area contributed by atoms with Crippen LogP contribution in [0.3, 0.4) is 0 Å². The van der Waals surface area contributed by atoms with Gasteiger partial charge in [0.25, 0.3) is 0 Å². The lowest BCUT2D eigenvalue weighted by molar-refractivity contribution is -0.147. The molecule has 1 heterocycles. The van der Waals surface area contributed by atoms with E-state index in [4.69, 9.17) is 9.47 Å². The Bertz CT molecular complexity index is 526. The number of carbonyl (C=O) groups is 2. The lowest BCUT2D eigenvalue weighted by atomic mass is 9.76. The van der Waals surface area contributed by atoms with Crippen molar-refractivity contribution >= 4 is 11.9 Å². The molecule has 1 aliphatic rings. The van der Waals surface area contributed by atoms with E-state index in [0.29, 0.717) is 13.2 Å². The highest BCUT2D eigenvalue weighted by molar-refractivity contribution is 5.91. The van der Waals surface area contributed by atoms with Gasteiger partial charge in [-0.25, -0.2) is 4.79 Å². The number of hydrogen-bond acceptors (Lipinski definition) is 4. The molecular weight excluding hydrogens is 270 g/mol. The predicted molar refractivity (Wildman–Crippen MR) is 78.1 cm³/mol. The van der Waals surface area contributed by atoms with Gasteiger partial charge in [0.05, 0.1) is 13.2 Å². The fourth-order valence-electron chi connectivity index (χ4n) is 2.72. The second kappa shape index (κ2) is 6.16.